The SMILES string of the molecule is Cc1c[nH]cc1C(=O)N(CC(=O)O)CC(C)C. The second kappa shape index (κ2) is 5.52. The monoisotopic (exact) mass is 238 g/mol. The summed E-state index contributed by atoms with van der Waals surface area (Å²) in [5, 5.41) is 8.81. The molecule has 0 unspecified atom stereocenters. The molecule has 0 aliphatic carbocycles. The van der Waals surface area contributed by atoms with Crippen molar-refractivity contribution in [1.29, 1.82) is 0 Å². The van der Waals surface area contributed by atoms with Crippen molar-refractivity contribution >= 4 is 11.9 Å². The van der Waals surface area contributed by atoms with Gasteiger partial charge >= 0.3 is 5.97 Å². The average Bonchev–Trinajstić information content (AvgIpc) is 2.61. The van der Waals surface area contributed by atoms with Crippen molar-refractivity contribution in [3.05, 3.63) is 23.5 Å². The molecule has 1 amide bonds. The normalized spacial score (nSPS) is 10.6. The molecule has 1 aromatic rings. The summed E-state index contributed by atoms with van der Waals surface area (Å²) in [5.41, 5.74) is 1.36. The summed E-state index contributed by atoms with van der Waals surface area (Å²) >= 11 is 0. The highest BCUT2D eigenvalue weighted by Gasteiger charge is 2.21. The maximum atomic E-state index is 12.1. The summed E-state index contributed by atoms with van der Waals surface area (Å²) in [6.07, 6.45) is 3.33. The van der Waals surface area contributed by atoms with E-state index in [-0.39, 0.29) is 18.4 Å². The van der Waals surface area contributed by atoms with E-state index >= 15 is 0 Å². The molecule has 0 aliphatic heterocycles. The zero-order valence-electron chi connectivity index (χ0n) is 10.4. The number of carbonyl (C=O) groups is 2. The molecule has 0 aliphatic rings. The summed E-state index contributed by atoms with van der Waals surface area (Å²) in [5.74, 6) is -0.996. The first-order valence-corrected chi connectivity index (χ1v) is 5.56. The first kappa shape index (κ1) is 13.3. The molecule has 1 heterocycles. The van der Waals surface area contributed by atoms with Crippen molar-refractivity contribution in [1.82, 2.24) is 9.88 Å². The molecule has 0 fully saturated rings. The van der Waals surface area contributed by atoms with Crippen LogP contribution in [-0.4, -0.2) is 40.0 Å². The van der Waals surface area contributed by atoms with Crippen molar-refractivity contribution < 1.29 is 14.7 Å². The number of nitrogens with zero attached hydrogens (tertiary/aromatic N) is 1. The maximum absolute atomic E-state index is 12.1. The number of nitrogens with one attached hydrogen (secondary N) is 1. The Labute approximate surface area is 100 Å². The minimum atomic E-state index is -0.993. The number of aromatic amines is 1. The Morgan fingerprint density at radius 1 is 1.41 bits per heavy atom. The largest absolute Gasteiger partial charge is 0.480 e. The van der Waals surface area contributed by atoms with Crippen LogP contribution in [0.25, 0.3) is 0 Å². The number of hydrogen-bond acceptors (Lipinski definition) is 2. The molecule has 0 aromatic carbocycles. The molecule has 0 atom stereocenters. The summed E-state index contributed by atoms with van der Waals surface area (Å²) in [4.78, 5) is 27.1. The van der Waals surface area contributed by atoms with E-state index in [0.29, 0.717) is 12.1 Å². The van der Waals surface area contributed by atoms with Crippen LogP contribution in [0.2, 0.25) is 0 Å². The predicted octanol–water partition coefficient (Wildman–Crippen LogP) is 1.51. The minimum absolute atomic E-state index is 0.234. The lowest BCUT2D eigenvalue weighted by molar-refractivity contribution is -0.137. The van der Waals surface area contributed by atoms with Crippen LogP contribution >= 0.6 is 0 Å². The van der Waals surface area contributed by atoms with Gasteiger partial charge in [0.15, 0.2) is 0 Å². The Bertz CT molecular complexity index is 410. The number of amides is 1. The quantitative estimate of drug-likeness (QED) is 0.816. The van der Waals surface area contributed by atoms with Gasteiger partial charge in [0.2, 0.25) is 0 Å². The van der Waals surface area contributed by atoms with Gasteiger partial charge in [-0.25, -0.2) is 0 Å². The number of aryl methyl sites for hydroxylation is 1. The second-order valence-corrected chi connectivity index (χ2v) is 4.53. The van der Waals surface area contributed by atoms with Crippen LogP contribution in [0.1, 0.15) is 29.8 Å². The number of carbonyl (C=O) groups excluding carboxylic acids is 1. The minimum Gasteiger partial charge on any atom is -0.480 e. The van der Waals surface area contributed by atoms with Crippen LogP contribution < -0.4 is 0 Å². The van der Waals surface area contributed by atoms with E-state index in [0.717, 1.165) is 5.56 Å². The van der Waals surface area contributed by atoms with Gasteiger partial charge in [-0.2, -0.15) is 0 Å². The summed E-state index contributed by atoms with van der Waals surface area (Å²) < 4.78 is 0. The molecule has 17 heavy (non-hydrogen) atoms. The number of hydrogen-bond donors (Lipinski definition) is 2. The van der Waals surface area contributed by atoms with Gasteiger partial charge in [0.05, 0.1) is 5.56 Å². The average molecular weight is 238 g/mol. The lowest BCUT2D eigenvalue weighted by atomic mass is 10.1. The summed E-state index contributed by atoms with van der Waals surface area (Å²) in [7, 11) is 0. The first-order valence-electron chi connectivity index (χ1n) is 5.56. The third kappa shape index (κ3) is 3.62. The van der Waals surface area contributed by atoms with Crippen molar-refractivity contribution in [2.75, 3.05) is 13.1 Å². The van der Waals surface area contributed by atoms with E-state index in [1.165, 1.54) is 4.90 Å². The first-order chi connectivity index (χ1) is 7.91. The van der Waals surface area contributed by atoms with E-state index in [9.17, 15) is 9.59 Å². The second-order valence-electron chi connectivity index (χ2n) is 4.53. The Kier molecular flexibility index (Phi) is 4.31. The number of carboxylic acids is 1. The zero-order chi connectivity index (χ0) is 13.0. The van der Waals surface area contributed by atoms with Gasteiger partial charge in [0.25, 0.3) is 5.91 Å². The van der Waals surface area contributed by atoms with Crippen LogP contribution in [0.15, 0.2) is 12.4 Å². The standard InChI is InChI=1S/C12H18N2O3/c1-8(2)6-14(7-11(15)16)12(17)10-5-13-4-9(10)3/h4-5,8,13H,6-7H2,1-3H3,(H,15,16). The van der Waals surface area contributed by atoms with E-state index < -0.39 is 5.97 Å². The van der Waals surface area contributed by atoms with Crippen LogP contribution in [0.4, 0.5) is 0 Å². The van der Waals surface area contributed by atoms with Crippen LogP contribution in [-0.2, 0) is 4.79 Å². The van der Waals surface area contributed by atoms with Crippen molar-refractivity contribution in [3.8, 4) is 0 Å². The van der Waals surface area contributed by atoms with Crippen LogP contribution in [0.5, 0.6) is 0 Å². The Balaban J connectivity index is 2.86. The number of aliphatic carboxylic acids is 1. The Morgan fingerprint density at radius 2 is 2.06 bits per heavy atom. The zero-order valence-corrected chi connectivity index (χ0v) is 10.4. The van der Waals surface area contributed by atoms with E-state index in [1.54, 1.807) is 12.4 Å². The highest BCUT2D eigenvalue weighted by molar-refractivity contribution is 5.96. The molecule has 2 N–H and O–H groups in total. The predicted molar refractivity (Wildman–Crippen MR) is 63.9 cm³/mol. The highest BCUT2D eigenvalue weighted by Crippen LogP contribution is 2.11. The number of carboxylic acid groups (broad SMARTS) is 1. The lowest BCUT2D eigenvalue weighted by Crippen LogP contribution is -2.38. The fraction of sp³-hybridized carbons (Fsp3) is 0.500. The van der Waals surface area contributed by atoms with Crippen molar-refractivity contribution in [2.45, 2.75) is 20.8 Å². The molecule has 1 aromatic heterocycles. The molecular weight excluding hydrogens is 220 g/mol. The molecule has 0 radical (unpaired) electrons. The summed E-state index contributed by atoms with van der Waals surface area (Å²) in [6.45, 7) is 5.90. The van der Waals surface area contributed by atoms with Gasteiger partial charge in [-0.05, 0) is 18.4 Å². The Hall–Kier alpha value is -1.78. The van der Waals surface area contributed by atoms with Gasteiger partial charge in [-0.15, -0.1) is 0 Å². The van der Waals surface area contributed by atoms with Gasteiger partial charge < -0.3 is 15.0 Å². The van der Waals surface area contributed by atoms with Gasteiger partial charge in [-0.1, -0.05) is 13.8 Å². The van der Waals surface area contributed by atoms with E-state index in [2.05, 4.69) is 4.98 Å². The number of aromatic nitrogens is 1. The van der Waals surface area contributed by atoms with Crippen molar-refractivity contribution in [3.63, 3.8) is 0 Å². The fourth-order valence-electron chi connectivity index (χ4n) is 1.67. The maximum Gasteiger partial charge on any atom is 0.323 e. The van der Waals surface area contributed by atoms with Gasteiger partial charge in [-0.3, -0.25) is 9.59 Å². The summed E-state index contributed by atoms with van der Waals surface area (Å²) in [6, 6.07) is 0. The van der Waals surface area contributed by atoms with Crippen LogP contribution in [0, 0.1) is 12.8 Å². The number of rotatable bonds is 5. The fourth-order valence-corrected chi connectivity index (χ4v) is 1.67. The molecule has 0 saturated carbocycles. The lowest BCUT2D eigenvalue weighted by Gasteiger charge is -2.22. The van der Waals surface area contributed by atoms with Gasteiger partial charge in [0, 0.05) is 18.9 Å². The molecule has 5 nitrogen and oxygen atoms in total. The smallest absolute Gasteiger partial charge is 0.323 e. The molecule has 0 spiro atoms. The highest BCUT2D eigenvalue weighted by atomic mass is 16.4. The molecule has 0 saturated heterocycles. The molecular formula is C12H18N2O3. The molecule has 94 valence electrons. The topological polar surface area (TPSA) is 73.4 Å². The third-order valence-electron chi connectivity index (χ3n) is 2.38. The van der Waals surface area contributed by atoms with E-state index in [1.807, 2.05) is 20.8 Å². The van der Waals surface area contributed by atoms with Gasteiger partial charge in [0.1, 0.15) is 6.54 Å². The Morgan fingerprint density at radius 3 is 2.47 bits per heavy atom. The molecule has 5 heteroatoms. The molecule has 1 rings (SSSR count). The van der Waals surface area contributed by atoms with Crippen molar-refractivity contribution in [2.24, 2.45) is 5.92 Å². The van der Waals surface area contributed by atoms with E-state index in [4.69, 9.17) is 5.11 Å². The third-order valence-corrected chi connectivity index (χ3v) is 2.38. The van der Waals surface area contributed by atoms with Crippen LogP contribution in [0.3, 0.4) is 0 Å². The number of H-pyrrole nitrogens is 1. The molecule has 0 bridgehead atoms.